The molecule has 0 atom stereocenters. The molecule has 0 bridgehead atoms. The van der Waals surface area contributed by atoms with E-state index in [9.17, 15) is 15.8 Å². The Balaban J connectivity index is 2.19. The second-order valence-corrected chi connectivity index (χ2v) is 9.37. The second-order valence-electron chi connectivity index (χ2n) is 9.37. The molecule has 0 saturated heterocycles. The molecule has 1 aromatic carbocycles. The zero-order chi connectivity index (χ0) is 30.3. The lowest BCUT2D eigenvalue weighted by atomic mass is 9.92. The van der Waals surface area contributed by atoms with E-state index in [0.717, 1.165) is 0 Å². The minimum absolute atomic E-state index is 0.0000566. The highest BCUT2D eigenvalue weighted by atomic mass is 15.0. The van der Waals surface area contributed by atoms with Crippen molar-refractivity contribution < 1.29 is 0 Å². The summed E-state index contributed by atoms with van der Waals surface area (Å²) in [7, 11) is 0. The monoisotopic (exact) mass is 544 g/mol. The van der Waals surface area contributed by atoms with E-state index >= 15 is 0 Å². The lowest BCUT2D eigenvalue weighted by Crippen LogP contribution is -2.26. The predicted molar refractivity (Wildman–Crippen MR) is 147 cm³/mol. The van der Waals surface area contributed by atoms with Gasteiger partial charge >= 0.3 is 5.82 Å². The maximum absolute atomic E-state index is 10.4. The molecule has 3 aromatic rings. The molecule has 0 amide bonds. The lowest BCUT2D eigenvalue weighted by molar-refractivity contribution is 0.919. The maximum Gasteiger partial charge on any atom is 0.512 e. The van der Waals surface area contributed by atoms with E-state index in [1.54, 1.807) is 27.7 Å². The van der Waals surface area contributed by atoms with E-state index in [1.165, 1.54) is 0 Å². The first-order chi connectivity index (χ1) is 20.2. The number of hydrogen-bond acceptors (Lipinski definition) is 9. The Morgan fingerprint density at radius 2 is 1.12 bits per heavy atom. The van der Waals surface area contributed by atoms with Crippen molar-refractivity contribution in [2.45, 2.75) is 40.5 Å². The quantitative estimate of drug-likeness (QED) is 0.349. The Labute approximate surface area is 240 Å². The number of benzene rings is 1. The normalized spacial score (nSPS) is 12.7. The van der Waals surface area contributed by atoms with Gasteiger partial charge in [0.25, 0.3) is 0 Å². The average molecular weight is 545 g/mol. The van der Waals surface area contributed by atoms with Gasteiger partial charge in [0.05, 0.1) is 17.7 Å². The number of aryl methyl sites for hydroxylation is 4. The van der Waals surface area contributed by atoms with Gasteiger partial charge in [-0.1, -0.05) is 0 Å². The third-order valence-electron chi connectivity index (χ3n) is 6.88. The zero-order valence-electron chi connectivity index (χ0n) is 22.8. The molecule has 2 heterocycles. The predicted octanol–water partition coefficient (Wildman–Crippen LogP) is 2.83. The summed E-state index contributed by atoms with van der Waals surface area (Å²) in [6, 6.07) is 5.99. The van der Waals surface area contributed by atoms with Crippen molar-refractivity contribution in [3.8, 4) is 41.0 Å². The number of allylic oxidation sites excluding steroid dienone is 2. The maximum atomic E-state index is 10.4. The minimum Gasteiger partial charge on any atom is -0.238 e. The fourth-order valence-electron chi connectivity index (χ4n) is 5.49. The van der Waals surface area contributed by atoms with Crippen molar-refractivity contribution in [3.63, 3.8) is 0 Å². The number of nitrogens with zero attached hydrogens (tertiary/aromatic N) is 12. The summed E-state index contributed by atoms with van der Waals surface area (Å²) in [6.07, 6.45) is 0.0106. The topological polar surface area (TPSA) is 162 Å². The number of nitriles is 3. The van der Waals surface area contributed by atoms with Crippen molar-refractivity contribution >= 4 is 11.3 Å². The Kier molecular flexibility index (Phi) is 6.54. The van der Waals surface area contributed by atoms with Gasteiger partial charge in [0, 0.05) is 28.3 Å². The molecule has 2 aromatic heterocycles. The number of fused-ring (bicyclic) bond motifs is 2. The van der Waals surface area contributed by atoms with Crippen LogP contribution in [0.2, 0.25) is 0 Å². The first-order valence-electron chi connectivity index (χ1n) is 12.4. The third kappa shape index (κ3) is 4.02. The molecule has 5 rings (SSSR count). The summed E-state index contributed by atoms with van der Waals surface area (Å²) in [5.74, 6) is 1.88. The van der Waals surface area contributed by atoms with Crippen LogP contribution in [-0.2, 0) is 12.8 Å². The number of hydrogen-bond donors (Lipinski definition) is 0. The standard InChI is InChI=1S/C30H16N12/c1-13-37-14(2)40-29(39-13)25-20-9-21(28(35-6)36-7)27(34-5)24(20)26(30-41-15(3)38-16(4)42-30)19-8-18(17(10-31)11-32)22(12-33)23(19)25/h8-9H2,1-4H3. The van der Waals surface area contributed by atoms with Crippen molar-refractivity contribution in [2.75, 3.05) is 0 Å². The van der Waals surface area contributed by atoms with Gasteiger partial charge in [0.1, 0.15) is 60.2 Å². The van der Waals surface area contributed by atoms with Gasteiger partial charge in [-0.05, 0) is 50.5 Å². The molecule has 12 nitrogen and oxygen atoms in total. The van der Waals surface area contributed by atoms with E-state index in [2.05, 4.69) is 50.5 Å². The number of aromatic nitrogens is 6. The van der Waals surface area contributed by atoms with E-state index < -0.39 is 0 Å². The zero-order valence-corrected chi connectivity index (χ0v) is 22.8. The van der Waals surface area contributed by atoms with Crippen LogP contribution in [0.25, 0.3) is 48.6 Å². The van der Waals surface area contributed by atoms with Gasteiger partial charge in [-0.2, -0.15) is 25.5 Å². The van der Waals surface area contributed by atoms with Gasteiger partial charge in [0.2, 0.25) is 0 Å². The lowest BCUT2D eigenvalue weighted by Gasteiger charge is -2.15. The van der Waals surface area contributed by atoms with Crippen molar-refractivity contribution in [3.05, 3.63) is 102 Å². The first kappa shape index (κ1) is 27.0. The molecular weight excluding hydrogens is 528 g/mol. The van der Waals surface area contributed by atoms with Crippen LogP contribution in [0.5, 0.6) is 0 Å². The highest BCUT2D eigenvalue weighted by Crippen LogP contribution is 2.38. The van der Waals surface area contributed by atoms with Gasteiger partial charge in [0.15, 0.2) is 17.3 Å². The van der Waals surface area contributed by atoms with Gasteiger partial charge in [-0.15, -0.1) is 0 Å². The minimum atomic E-state index is -0.249. The summed E-state index contributed by atoms with van der Waals surface area (Å²) in [5, 5.41) is 30.8. The van der Waals surface area contributed by atoms with Crippen LogP contribution in [0.3, 0.4) is 0 Å². The molecule has 42 heavy (non-hydrogen) atoms. The van der Waals surface area contributed by atoms with Crippen LogP contribution >= 0.6 is 0 Å². The summed E-state index contributed by atoms with van der Waals surface area (Å²) in [6.45, 7) is 30.2. The Hall–Kier alpha value is -6.60. The van der Waals surface area contributed by atoms with Crippen molar-refractivity contribution in [1.82, 2.24) is 29.9 Å². The van der Waals surface area contributed by atoms with Crippen LogP contribution in [0.4, 0.5) is 0 Å². The molecule has 0 radical (unpaired) electrons. The first-order valence-corrected chi connectivity index (χ1v) is 12.4. The molecule has 2 aliphatic rings. The highest BCUT2D eigenvalue weighted by Gasteiger charge is 2.37. The summed E-state index contributed by atoms with van der Waals surface area (Å²) >= 11 is 0. The molecule has 0 fully saturated rings. The third-order valence-corrected chi connectivity index (χ3v) is 6.88. The molecule has 0 spiro atoms. The molecule has 0 saturated carbocycles. The van der Waals surface area contributed by atoms with E-state index in [1.807, 2.05) is 12.1 Å². The van der Waals surface area contributed by atoms with E-state index in [-0.39, 0.29) is 58.3 Å². The smallest absolute Gasteiger partial charge is 0.238 e. The van der Waals surface area contributed by atoms with Gasteiger partial charge in [-0.3, -0.25) is 0 Å². The van der Waals surface area contributed by atoms with Crippen molar-refractivity contribution in [2.24, 2.45) is 0 Å². The van der Waals surface area contributed by atoms with Crippen LogP contribution in [0.1, 0.15) is 34.4 Å². The molecule has 0 aliphatic heterocycles. The Morgan fingerprint density at radius 1 is 0.667 bits per heavy atom. The second kappa shape index (κ2) is 10.2. The molecule has 12 heteroatoms. The average Bonchev–Trinajstić information content (AvgIpc) is 3.50. The summed E-state index contributed by atoms with van der Waals surface area (Å²) in [5.41, 5.74) is 2.28. The highest BCUT2D eigenvalue weighted by molar-refractivity contribution is 5.94. The van der Waals surface area contributed by atoms with E-state index in [4.69, 9.17) is 19.7 Å². The van der Waals surface area contributed by atoms with E-state index in [0.29, 0.717) is 56.0 Å². The van der Waals surface area contributed by atoms with Crippen molar-refractivity contribution in [1.29, 1.82) is 15.8 Å². The summed E-state index contributed by atoms with van der Waals surface area (Å²) in [4.78, 5) is 37.4. The SMILES string of the molecule is [C-]#[N+]C([N+]#[C-])=C1Cc2c(-c3nc(C)nc(C)n3)c3c(c(-c4nc(C)nc(C)n4)c2=C1[N+]#[C-])CC(=C(C#N)C#N)C=3C#N. The molecule has 2 aliphatic carbocycles. The van der Waals surface area contributed by atoms with Crippen LogP contribution < -0.4 is 10.4 Å². The fourth-order valence-corrected chi connectivity index (χ4v) is 5.49. The molecule has 196 valence electrons. The Morgan fingerprint density at radius 3 is 1.55 bits per heavy atom. The fraction of sp³-hybridized carbons (Fsp3) is 0.200. The van der Waals surface area contributed by atoms with Crippen LogP contribution in [0, 0.1) is 81.4 Å². The Bertz CT molecular complexity index is 2010. The molecule has 0 N–H and O–H groups in total. The largest absolute Gasteiger partial charge is 0.512 e. The van der Waals surface area contributed by atoms with Crippen LogP contribution in [-0.4, -0.2) is 29.9 Å². The molecule has 0 unspecified atom stereocenters. The summed E-state index contributed by atoms with van der Waals surface area (Å²) < 4.78 is 0. The van der Waals surface area contributed by atoms with Gasteiger partial charge in [-0.25, -0.2) is 34.7 Å². The molecular formula is C30H16N12. The number of rotatable bonds is 2. The van der Waals surface area contributed by atoms with Gasteiger partial charge < -0.3 is 0 Å². The van der Waals surface area contributed by atoms with Crippen LogP contribution in [0.15, 0.2) is 22.5 Å².